The van der Waals surface area contributed by atoms with E-state index in [4.69, 9.17) is 0 Å². The zero-order chi connectivity index (χ0) is 16.9. The van der Waals surface area contributed by atoms with Crippen molar-refractivity contribution < 1.29 is 4.79 Å². The molecule has 1 amide bonds. The lowest BCUT2D eigenvalue weighted by molar-refractivity contribution is 0.102. The summed E-state index contributed by atoms with van der Waals surface area (Å²) in [6.45, 7) is 7.41. The van der Waals surface area contributed by atoms with Crippen LogP contribution in [0.5, 0.6) is 0 Å². The molecule has 1 aromatic carbocycles. The Morgan fingerprint density at radius 3 is 2.62 bits per heavy atom. The Hall–Kier alpha value is -1.92. The molecule has 0 atom stereocenters. The molecule has 1 fully saturated rings. The van der Waals surface area contributed by atoms with Gasteiger partial charge in [0.2, 0.25) is 0 Å². The molecule has 1 aliphatic heterocycles. The van der Waals surface area contributed by atoms with Gasteiger partial charge in [-0.05, 0) is 36.9 Å². The molecule has 1 saturated heterocycles. The number of hydrogen-bond donors (Lipinski definition) is 1. The van der Waals surface area contributed by atoms with Gasteiger partial charge in [-0.15, -0.1) is 0 Å². The number of carbonyl (C=O) groups is 1. The van der Waals surface area contributed by atoms with Gasteiger partial charge >= 0.3 is 0 Å². The van der Waals surface area contributed by atoms with Crippen LogP contribution in [0.1, 0.15) is 17.3 Å². The van der Waals surface area contributed by atoms with Crippen molar-refractivity contribution in [2.24, 2.45) is 0 Å². The first kappa shape index (κ1) is 16.9. The quantitative estimate of drug-likeness (QED) is 0.873. The van der Waals surface area contributed by atoms with Crippen molar-refractivity contribution in [3.8, 4) is 0 Å². The second kappa shape index (κ2) is 7.77. The summed E-state index contributed by atoms with van der Waals surface area (Å²) in [4.78, 5) is 21.5. The van der Waals surface area contributed by atoms with Crippen LogP contribution in [0.15, 0.2) is 47.1 Å². The number of anilines is 2. The lowest BCUT2D eigenvalue weighted by atomic mass is 10.2. The smallest absolute Gasteiger partial charge is 0.255 e. The molecule has 2 aromatic rings. The van der Waals surface area contributed by atoms with Crippen molar-refractivity contribution in [3.63, 3.8) is 0 Å². The minimum absolute atomic E-state index is 0.137. The standard InChI is InChI=1S/C18H21BrN4O/c1-2-22-8-10-23(11-9-22)17-7-6-16(13-20-17)21-18(24)14-4-3-5-15(19)12-14/h3-7,12-13H,2,8-11H2,1H3,(H,21,24). The number of halogens is 1. The van der Waals surface area contributed by atoms with E-state index >= 15 is 0 Å². The third kappa shape index (κ3) is 4.13. The SMILES string of the molecule is CCN1CCN(c2ccc(NC(=O)c3cccc(Br)c3)cn2)CC1. The Bertz CT molecular complexity index is 696. The monoisotopic (exact) mass is 388 g/mol. The Balaban J connectivity index is 1.61. The van der Waals surface area contributed by atoms with Gasteiger partial charge in [0.1, 0.15) is 5.82 Å². The van der Waals surface area contributed by atoms with E-state index < -0.39 is 0 Å². The average Bonchev–Trinajstić information content (AvgIpc) is 2.62. The highest BCUT2D eigenvalue weighted by Gasteiger charge is 2.16. The number of nitrogens with zero attached hydrogens (tertiary/aromatic N) is 3. The Morgan fingerprint density at radius 1 is 1.21 bits per heavy atom. The van der Waals surface area contributed by atoms with Crippen LogP contribution in [0, 0.1) is 0 Å². The Kier molecular flexibility index (Phi) is 5.48. The van der Waals surface area contributed by atoms with Gasteiger partial charge in [0, 0.05) is 36.2 Å². The van der Waals surface area contributed by atoms with E-state index in [1.54, 1.807) is 18.3 Å². The molecule has 0 bridgehead atoms. The first-order chi connectivity index (χ1) is 11.7. The molecule has 24 heavy (non-hydrogen) atoms. The van der Waals surface area contributed by atoms with Crippen molar-refractivity contribution in [2.45, 2.75) is 6.92 Å². The lowest BCUT2D eigenvalue weighted by Gasteiger charge is -2.34. The second-order valence-corrected chi connectivity index (χ2v) is 6.71. The van der Waals surface area contributed by atoms with Gasteiger partial charge in [-0.1, -0.05) is 28.9 Å². The number of amides is 1. The summed E-state index contributed by atoms with van der Waals surface area (Å²) in [5, 5.41) is 2.88. The summed E-state index contributed by atoms with van der Waals surface area (Å²) in [5.41, 5.74) is 1.32. The van der Waals surface area contributed by atoms with Crippen molar-refractivity contribution in [1.29, 1.82) is 0 Å². The molecule has 1 N–H and O–H groups in total. The number of rotatable bonds is 4. The number of carbonyl (C=O) groups excluding carboxylic acids is 1. The third-order valence-electron chi connectivity index (χ3n) is 4.24. The van der Waals surface area contributed by atoms with Crippen molar-refractivity contribution in [1.82, 2.24) is 9.88 Å². The fraction of sp³-hybridized carbons (Fsp3) is 0.333. The minimum Gasteiger partial charge on any atom is -0.354 e. The summed E-state index contributed by atoms with van der Waals surface area (Å²) in [6.07, 6.45) is 1.72. The van der Waals surface area contributed by atoms with Gasteiger partial charge in [0.15, 0.2) is 0 Å². The number of benzene rings is 1. The fourth-order valence-electron chi connectivity index (χ4n) is 2.77. The molecule has 126 valence electrons. The third-order valence-corrected chi connectivity index (χ3v) is 4.73. The average molecular weight is 389 g/mol. The lowest BCUT2D eigenvalue weighted by Crippen LogP contribution is -2.46. The summed E-state index contributed by atoms with van der Waals surface area (Å²) in [7, 11) is 0. The van der Waals surface area contributed by atoms with Crippen molar-refractivity contribution in [2.75, 3.05) is 42.9 Å². The first-order valence-corrected chi connectivity index (χ1v) is 8.95. The molecule has 0 saturated carbocycles. The maximum atomic E-state index is 12.2. The van der Waals surface area contributed by atoms with E-state index in [0.717, 1.165) is 43.0 Å². The highest BCUT2D eigenvalue weighted by Crippen LogP contribution is 2.17. The molecule has 0 aliphatic carbocycles. The second-order valence-electron chi connectivity index (χ2n) is 5.79. The number of likely N-dealkylation sites (N-methyl/N-ethyl adjacent to an activating group) is 1. The van der Waals surface area contributed by atoms with Crippen LogP contribution in [-0.4, -0.2) is 48.5 Å². The predicted molar refractivity (Wildman–Crippen MR) is 101 cm³/mol. The highest BCUT2D eigenvalue weighted by molar-refractivity contribution is 9.10. The van der Waals surface area contributed by atoms with Crippen molar-refractivity contribution >= 4 is 33.3 Å². The predicted octanol–water partition coefficient (Wildman–Crippen LogP) is 3.24. The van der Waals surface area contributed by atoms with Crippen LogP contribution >= 0.6 is 15.9 Å². The number of hydrogen-bond acceptors (Lipinski definition) is 4. The van der Waals surface area contributed by atoms with E-state index in [2.05, 4.69) is 43.0 Å². The van der Waals surface area contributed by atoms with E-state index in [-0.39, 0.29) is 5.91 Å². The first-order valence-electron chi connectivity index (χ1n) is 8.16. The molecule has 3 rings (SSSR count). The van der Waals surface area contributed by atoms with Gasteiger partial charge < -0.3 is 15.1 Å². The van der Waals surface area contributed by atoms with Gasteiger partial charge in [0.25, 0.3) is 5.91 Å². The van der Waals surface area contributed by atoms with E-state index in [9.17, 15) is 4.79 Å². The maximum Gasteiger partial charge on any atom is 0.255 e. The fourth-order valence-corrected chi connectivity index (χ4v) is 3.17. The highest BCUT2D eigenvalue weighted by atomic mass is 79.9. The molecular formula is C18H21BrN4O. The summed E-state index contributed by atoms with van der Waals surface area (Å²) in [5.74, 6) is 0.827. The molecule has 5 nitrogen and oxygen atoms in total. The molecule has 1 aromatic heterocycles. The van der Waals surface area contributed by atoms with E-state index in [1.807, 2.05) is 24.3 Å². The van der Waals surface area contributed by atoms with E-state index in [1.165, 1.54) is 0 Å². The Morgan fingerprint density at radius 2 is 2.00 bits per heavy atom. The van der Waals surface area contributed by atoms with Crippen LogP contribution in [-0.2, 0) is 0 Å². The number of pyridine rings is 1. The topological polar surface area (TPSA) is 48.5 Å². The molecular weight excluding hydrogens is 368 g/mol. The van der Waals surface area contributed by atoms with Crippen LogP contribution in [0.4, 0.5) is 11.5 Å². The molecule has 1 aliphatic rings. The molecule has 6 heteroatoms. The van der Waals surface area contributed by atoms with Crippen LogP contribution in [0.3, 0.4) is 0 Å². The van der Waals surface area contributed by atoms with Crippen LogP contribution in [0.25, 0.3) is 0 Å². The van der Waals surface area contributed by atoms with Gasteiger partial charge in [-0.25, -0.2) is 4.98 Å². The number of aromatic nitrogens is 1. The van der Waals surface area contributed by atoms with Crippen LogP contribution in [0.2, 0.25) is 0 Å². The van der Waals surface area contributed by atoms with Gasteiger partial charge in [-0.3, -0.25) is 4.79 Å². The Labute approximate surface area is 150 Å². The summed E-state index contributed by atoms with van der Waals surface area (Å²) >= 11 is 3.38. The maximum absolute atomic E-state index is 12.2. The summed E-state index contributed by atoms with van der Waals surface area (Å²) in [6, 6.07) is 11.2. The molecule has 2 heterocycles. The molecule has 0 spiro atoms. The normalized spacial score (nSPS) is 15.3. The molecule has 0 unspecified atom stereocenters. The van der Waals surface area contributed by atoms with Gasteiger partial charge in [0.05, 0.1) is 11.9 Å². The molecule has 0 radical (unpaired) electrons. The van der Waals surface area contributed by atoms with Crippen LogP contribution < -0.4 is 10.2 Å². The van der Waals surface area contributed by atoms with Gasteiger partial charge in [-0.2, -0.15) is 0 Å². The minimum atomic E-state index is -0.137. The van der Waals surface area contributed by atoms with Crippen molar-refractivity contribution in [3.05, 3.63) is 52.6 Å². The number of nitrogens with one attached hydrogen (secondary N) is 1. The zero-order valence-electron chi connectivity index (χ0n) is 13.7. The van der Waals surface area contributed by atoms with E-state index in [0.29, 0.717) is 11.3 Å². The summed E-state index contributed by atoms with van der Waals surface area (Å²) < 4.78 is 0.884. The largest absolute Gasteiger partial charge is 0.354 e. The number of piperazine rings is 1. The zero-order valence-corrected chi connectivity index (χ0v) is 15.3.